The van der Waals surface area contributed by atoms with Crippen LogP contribution in [0.5, 0.6) is 11.5 Å². The van der Waals surface area contributed by atoms with Crippen LogP contribution in [0, 0.1) is 6.92 Å². The van der Waals surface area contributed by atoms with E-state index in [2.05, 4.69) is 0 Å². The second-order valence-electron chi connectivity index (χ2n) is 7.99. The van der Waals surface area contributed by atoms with Crippen LogP contribution < -0.4 is 10.2 Å². The maximum atomic E-state index is 12.9. The van der Waals surface area contributed by atoms with Gasteiger partial charge in [0, 0.05) is 30.6 Å². The van der Waals surface area contributed by atoms with Crippen LogP contribution in [0.1, 0.15) is 29.2 Å². The number of likely N-dealkylation sites (N-methyl/N-ethyl adjacent to an activating group) is 2. The third-order valence-electron chi connectivity index (χ3n) is 5.55. The van der Waals surface area contributed by atoms with Gasteiger partial charge >= 0.3 is 5.97 Å². The van der Waals surface area contributed by atoms with Crippen molar-refractivity contribution in [3.05, 3.63) is 33.2 Å². The molecule has 3 N–H and O–H groups in total. The normalized spacial score (nSPS) is 20.1. The Morgan fingerprint density at radius 1 is 1.43 bits per heavy atom. The average molecular weight is 420 g/mol. The van der Waals surface area contributed by atoms with Crippen molar-refractivity contribution < 1.29 is 29.3 Å². The molecule has 1 aliphatic rings. The molecule has 164 valence electrons. The van der Waals surface area contributed by atoms with Gasteiger partial charge in [0.2, 0.25) is 0 Å². The topological polar surface area (TPSA) is 124 Å². The van der Waals surface area contributed by atoms with Gasteiger partial charge in [-0.15, -0.1) is 0 Å². The quantitative estimate of drug-likeness (QED) is 0.630. The Morgan fingerprint density at radius 2 is 2.13 bits per heavy atom. The minimum absolute atomic E-state index is 0.0419. The highest BCUT2D eigenvalue weighted by atomic mass is 16.5. The minimum Gasteiger partial charge on any atom is -0.507 e. The van der Waals surface area contributed by atoms with Gasteiger partial charge in [0.25, 0.3) is 0 Å². The lowest BCUT2D eigenvalue weighted by atomic mass is 9.84. The number of aliphatic hydroxyl groups excluding tert-OH is 1. The Balaban J connectivity index is 2.29. The number of aromatic hydroxyl groups is 1. The predicted molar refractivity (Wildman–Crippen MR) is 110 cm³/mol. The van der Waals surface area contributed by atoms with Crippen molar-refractivity contribution in [3.8, 4) is 11.5 Å². The molecule has 2 atom stereocenters. The Morgan fingerprint density at radius 3 is 2.73 bits per heavy atom. The molecule has 2 unspecified atom stereocenters. The Hall–Kier alpha value is -2.62. The van der Waals surface area contributed by atoms with Gasteiger partial charge in [-0.2, -0.15) is 0 Å². The van der Waals surface area contributed by atoms with Gasteiger partial charge < -0.3 is 29.4 Å². The number of likely N-dealkylation sites (tertiary alicyclic amines) is 1. The monoisotopic (exact) mass is 420 g/mol. The van der Waals surface area contributed by atoms with Gasteiger partial charge in [0.05, 0.1) is 25.3 Å². The molecule has 0 amide bonds. The number of carbonyl (C=O) groups is 1. The molecular formula is C21H28N2O7. The van der Waals surface area contributed by atoms with Gasteiger partial charge in [-0.3, -0.25) is 14.5 Å². The number of ether oxygens (including phenoxy) is 1. The van der Waals surface area contributed by atoms with Gasteiger partial charge in [0.1, 0.15) is 28.2 Å². The van der Waals surface area contributed by atoms with Crippen molar-refractivity contribution in [2.75, 3.05) is 40.8 Å². The first-order valence-electron chi connectivity index (χ1n) is 9.77. The number of fused-ring (bicyclic) bond motifs is 1. The molecule has 1 aromatic heterocycles. The van der Waals surface area contributed by atoms with Crippen LogP contribution in [0.25, 0.3) is 11.0 Å². The molecule has 9 nitrogen and oxygen atoms in total. The van der Waals surface area contributed by atoms with Crippen molar-refractivity contribution in [1.29, 1.82) is 0 Å². The van der Waals surface area contributed by atoms with Crippen molar-refractivity contribution >= 4 is 16.9 Å². The SMILES string of the molecule is COc1c(CN(C)CC(=O)O)c(O)c(C2CCN(C)CC2O)c2oc(C)cc(=O)c12. The summed E-state index contributed by atoms with van der Waals surface area (Å²) in [5.74, 6) is -1.06. The number of rotatable bonds is 6. The van der Waals surface area contributed by atoms with Gasteiger partial charge in [-0.1, -0.05) is 0 Å². The third kappa shape index (κ3) is 4.14. The number of piperidine rings is 1. The van der Waals surface area contributed by atoms with Crippen LogP contribution in [0.15, 0.2) is 15.3 Å². The number of phenolic OH excluding ortho intramolecular Hbond substituents is 1. The maximum absolute atomic E-state index is 12.9. The van der Waals surface area contributed by atoms with E-state index in [9.17, 15) is 19.8 Å². The second kappa shape index (κ2) is 8.63. The molecule has 0 bridgehead atoms. The molecule has 0 spiro atoms. The lowest BCUT2D eigenvalue weighted by Crippen LogP contribution is -2.40. The summed E-state index contributed by atoms with van der Waals surface area (Å²) in [6, 6.07) is 1.35. The molecule has 0 radical (unpaired) electrons. The van der Waals surface area contributed by atoms with Crippen LogP contribution in [0.2, 0.25) is 0 Å². The molecule has 1 saturated heterocycles. The number of nitrogens with zero attached hydrogens (tertiary/aromatic N) is 2. The zero-order valence-corrected chi connectivity index (χ0v) is 17.6. The smallest absolute Gasteiger partial charge is 0.317 e. The zero-order valence-electron chi connectivity index (χ0n) is 17.6. The summed E-state index contributed by atoms with van der Waals surface area (Å²) in [4.78, 5) is 27.5. The Kier molecular flexibility index (Phi) is 6.35. The number of β-amino-alcohol motifs (C(OH)–C–C–N with tert-alkyl or cyclic N) is 1. The third-order valence-corrected chi connectivity index (χ3v) is 5.55. The molecule has 0 saturated carbocycles. The lowest BCUT2D eigenvalue weighted by molar-refractivity contribution is -0.138. The first kappa shape index (κ1) is 22.1. The van der Waals surface area contributed by atoms with E-state index in [4.69, 9.17) is 14.3 Å². The van der Waals surface area contributed by atoms with E-state index in [0.29, 0.717) is 36.4 Å². The second-order valence-corrected chi connectivity index (χ2v) is 7.99. The number of aryl methyl sites for hydroxylation is 1. The summed E-state index contributed by atoms with van der Waals surface area (Å²) in [5, 5.41) is 31.3. The largest absolute Gasteiger partial charge is 0.507 e. The first-order chi connectivity index (χ1) is 14.1. The first-order valence-corrected chi connectivity index (χ1v) is 9.77. The molecule has 30 heavy (non-hydrogen) atoms. The van der Waals surface area contributed by atoms with Crippen LogP contribution in [-0.4, -0.2) is 78.0 Å². The molecule has 1 aliphatic heterocycles. The summed E-state index contributed by atoms with van der Waals surface area (Å²) in [6.07, 6.45) is -0.198. The van der Waals surface area contributed by atoms with Crippen LogP contribution >= 0.6 is 0 Å². The van der Waals surface area contributed by atoms with E-state index in [0.717, 1.165) is 0 Å². The van der Waals surface area contributed by atoms with Crippen molar-refractivity contribution in [3.63, 3.8) is 0 Å². The van der Waals surface area contributed by atoms with E-state index in [-0.39, 0.29) is 41.0 Å². The zero-order chi connectivity index (χ0) is 22.2. The van der Waals surface area contributed by atoms with Gasteiger partial charge in [-0.05, 0) is 34.0 Å². The van der Waals surface area contributed by atoms with Crippen LogP contribution in [-0.2, 0) is 11.3 Å². The Labute approximate surface area is 174 Å². The van der Waals surface area contributed by atoms with E-state index in [1.807, 2.05) is 11.9 Å². The predicted octanol–water partition coefficient (Wildman–Crippen LogP) is 1.11. The van der Waals surface area contributed by atoms with E-state index in [1.54, 1.807) is 14.0 Å². The standard InChI is InChI=1S/C21H28N2O7/c1-11-7-14(24)18-20(29-4)13(8-23(3)10-16(26)27)19(28)17(21(18)30-11)12-5-6-22(2)9-15(12)25/h7,12,15,25,28H,5-6,8-10H2,1-4H3,(H,26,27). The summed E-state index contributed by atoms with van der Waals surface area (Å²) < 4.78 is 11.4. The Bertz CT molecular complexity index is 1020. The molecule has 9 heteroatoms. The van der Waals surface area contributed by atoms with Crippen LogP contribution in [0.4, 0.5) is 0 Å². The molecule has 3 rings (SSSR count). The maximum Gasteiger partial charge on any atom is 0.317 e. The molecular weight excluding hydrogens is 392 g/mol. The lowest BCUT2D eigenvalue weighted by Gasteiger charge is -2.35. The number of hydrogen-bond acceptors (Lipinski definition) is 8. The minimum atomic E-state index is -1.02. The highest BCUT2D eigenvalue weighted by Gasteiger charge is 2.35. The number of benzene rings is 1. The van der Waals surface area contributed by atoms with Crippen molar-refractivity contribution in [2.45, 2.75) is 31.9 Å². The number of phenols is 1. The van der Waals surface area contributed by atoms with Gasteiger partial charge in [-0.25, -0.2) is 0 Å². The van der Waals surface area contributed by atoms with Crippen molar-refractivity contribution in [1.82, 2.24) is 9.80 Å². The van der Waals surface area contributed by atoms with E-state index >= 15 is 0 Å². The fourth-order valence-electron chi connectivity index (χ4n) is 4.24. The van der Waals surface area contributed by atoms with Crippen LogP contribution in [0.3, 0.4) is 0 Å². The van der Waals surface area contributed by atoms with E-state index in [1.165, 1.54) is 18.1 Å². The number of carboxylic acids is 1. The molecule has 1 aromatic carbocycles. The summed E-state index contributed by atoms with van der Waals surface area (Å²) in [7, 11) is 4.89. The molecule has 2 aromatic rings. The summed E-state index contributed by atoms with van der Waals surface area (Å²) in [5.41, 5.74) is 0.543. The fourth-order valence-corrected chi connectivity index (χ4v) is 4.24. The number of methoxy groups -OCH3 is 1. The number of aliphatic hydroxyl groups is 1. The fraction of sp³-hybridized carbons (Fsp3) is 0.524. The number of hydrogen-bond donors (Lipinski definition) is 3. The number of carboxylic acid groups (broad SMARTS) is 1. The van der Waals surface area contributed by atoms with Crippen molar-refractivity contribution in [2.24, 2.45) is 0 Å². The highest BCUT2D eigenvalue weighted by Crippen LogP contribution is 2.45. The molecule has 0 aliphatic carbocycles. The summed E-state index contributed by atoms with van der Waals surface area (Å²) in [6.45, 7) is 2.56. The highest BCUT2D eigenvalue weighted by molar-refractivity contribution is 5.91. The average Bonchev–Trinajstić information content (AvgIpc) is 2.63. The van der Waals surface area contributed by atoms with E-state index < -0.39 is 18.0 Å². The number of aliphatic carboxylic acids is 1. The van der Waals surface area contributed by atoms with Gasteiger partial charge in [0.15, 0.2) is 5.43 Å². The molecule has 2 heterocycles. The molecule has 1 fully saturated rings. The summed E-state index contributed by atoms with van der Waals surface area (Å²) >= 11 is 0.